The van der Waals surface area contributed by atoms with Crippen LogP contribution in [0.2, 0.25) is 0 Å². The number of rotatable bonds is 7. The number of fused-ring (bicyclic) bond motifs is 1. The predicted octanol–water partition coefficient (Wildman–Crippen LogP) is 2.23. The molecule has 5 atom stereocenters. The third-order valence-corrected chi connectivity index (χ3v) is 5.64. The number of carbonyl (C=O) groups excluding carboxylic acids is 1. The van der Waals surface area contributed by atoms with Crippen molar-refractivity contribution in [3.05, 3.63) is 54.3 Å². The van der Waals surface area contributed by atoms with Gasteiger partial charge < -0.3 is 24.8 Å². The van der Waals surface area contributed by atoms with Crippen molar-refractivity contribution in [2.75, 3.05) is 13.2 Å². The van der Waals surface area contributed by atoms with Crippen molar-refractivity contribution in [3.8, 4) is 5.75 Å². The molecule has 30 heavy (non-hydrogen) atoms. The average Bonchev–Trinajstić information content (AvgIpc) is 3.20. The van der Waals surface area contributed by atoms with Crippen molar-refractivity contribution >= 4 is 14.2 Å². The molecule has 4 rings (SSSR count). The molecule has 0 bridgehead atoms. The third-order valence-electron chi connectivity index (χ3n) is 4.92. The Kier molecular flexibility index (Phi) is 5.90. The smallest absolute Gasteiger partial charge is 0.366 e. The fourth-order valence-corrected chi connectivity index (χ4v) is 4.30. The summed E-state index contributed by atoms with van der Waals surface area (Å²) < 4.78 is 41.1. The van der Waals surface area contributed by atoms with E-state index >= 15 is 0 Å². The molecule has 1 aromatic carbocycles. The lowest BCUT2D eigenvalue weighted by atomic mass is 10.1. The van der Waals surface area contributed by atoms with Crippen molar-refractivity contribution in [2.45, 2.75) is 44.2 Å². The summed E-state index contributed by atoms with van der Waals surface area (Å²) in [4.78, 5) is 13.4. The molecular formula is C20H24N2O7P+. The van der Waals surface area contributed by atoms with Gasteiger partial charge in [0.1, 0.15) is 24.9 Å². The summed E-state index contributed by atoms with van der Waals surface area (Å²) in [5, 5.41) is 0. The van der Waals surface area contributed by atoms with Crippen molar-refractivity contribution in [1.82, 2.24) is 4.90 Å². The van der Waals surface area contributed by atoms with Gasteiger partial charge in [-0.25, -0.2) is 4.52 Å². The molecule has 2 N–H and O–H groups in total. The highest BCUT2D eigenvalue weighted by Gasteiger charge is 2.57. The number of primary amides is 1. The SMILES string of the molecule is CC1(C)O[C@@H]2[C@H](O1)C(CO[P+](=O)Oc1ccccc1)O[C@H]2N1C=C(C(N)=O)C=CC1. The lowest BCUT2D eigenvalue weighted by Gasteiger charge is -2.32. The van der Waals surface area contributed by atoms with Gasteiger partial charge in [0.15, 0.2) is 17.8 Å². The van der Waals surface area contributed by atoms with Crippen LogP contribution in [0.4, 0.5) is 0 Å². The number of amides is 1. The fourth-order valence-electron chi connectivity index (χ4n) is 3.69. The second kappa shape index (κ2) is 8.45. The van der Waals surface area contributed by atoms with E-state index < -0.39 is 44.5 Å². The van der Waals surface area contributed by atoms with Gasteiger partial charge in [0.05, 0.1) is 5.57 Å². The Bertz CT molecular complexity index is 873. The van der Waals surface area contributed by atoms with E-state index in [1.807, 2.05) is 30.9 Å². The molecule has 0 aliphatic carbocycles. The number of para-hydroxylation sites is 1. The van der Waals surface area contributed by atoms with Crippen molar-refractivity contribution in [2.24, 2.45) is 5.73 Å². The number of nitrogens with two attached hydrogens (primary N) is 1. The van der Waals surface area contributed by atoms with Gasteiger partial charge in [-0.1, -0.05) is 30.4 Å². The zero-order valence-electron chi connectivity index (χ0n) is 16.7. The summed E-state index contributed by atoms with van der Waals surface area (Å²) in [5.74, 6) is -0.878. The minimum Gasteiger partial charge on any atom is -0.366 e. The van der Waals surface area contributed by atoms with Crippen LogP contribution < -0.4 is 10.3 Å². The van der Waals surface area contributed by atoms with E-state index in [0.717, 1.165) is 0 Å². The minimum atomic E-state index is -2.38. The molecule has 0 spiro atoms. The highest BCUT2D eigenvalue weighted by atomic mass is 31.1. The maximum Gasteiger partial charge on any atom is 0.750 e. The van der Waals surface area contributed by atoms with Crippen LogP contribution in [0, 0.1) is 0 Å². The molecule has 2 saturated heterocycles. The van der Waals surface area contributed by atoms with Gasteiger partial charge in [-0.05, 0) is 26.0 Å². The molecule has 0 saturated carbocycles. The number of hydrogen-bond acceptors (Lipinski definition) is 8. The molecule has 3 aliphatic rings. The van der Waals surface area contributed by atoms with E-state index in [0.29, 0.717) is 17.9 Å². The van der Waals surface area contributed by atoms with E-state index in [4.69, 9.17) is 29.0 Å². The van der Waals surface area contributed by atoms with Crippen LogP contribution in [0.3, 0.4) is 0 Å². The Labute approximate surface area is 175 Å². The van der Waals surface area contributed by atoms with Gasteiger partial charge >= 0.3 is 8.25 Å². The molecule has 2 fully saturated rings. The van der Waals surface area contributed by atoms with Gasteiger partial charge in [-0.15, -0.1) is 4.52 Å². The number of carbonyl (C=O) groups is 1. The van der Waals surface area contributed by atoms with E-state index in [1.165, 1.54) is 0 Å². The number of benzene rings is 1. The maximum absolute atomic E-state index is 12.2. The average molecular weight is 435 g/mol. The van der Waals surface area contributed by atoms with Crippen molar-refractivity contribution in [1.29, 1.82) is 0 Å². The molecule has 0 aromatic heterocycles. The van der Waals surface area contributed by atoms with Crippen LogP contribution in [0.15, 0.2) is 54.3 Å². The molecule has 3 heterocycles. The lowest BCUT2D eigenvalue weighted by molar-refractivity contribution is -0.203. The largest absolute Gasteiger partial charge is 0.750 e. The Morgan fingerprint density at radius 2 is 2.00 bits per heavy atom. The molecule has 3 aliphatic heterocycles. The monoisotopic (exact) mass is 435 g/mol. The zero-order chi connectivity index (χ0) is 21.3. The summed E-state index contributed by atoms with van der Waals surface area (Å²) in [6.45, 7) is 4.16. The maximum atomic E-state index is 12.2. The Hall–Kier alpha value is -2.29. The summed E-state index contributed by atoms with van der Waals surface area (Å²) in [6.07, 6.45) is 3.26. The molecule has 9 nitrogen and oxygen atoms in total. The van der Waals surface area contributed by atoms with E-state index in [1.54, 1.807) is 36.5 Å². The highest BCUT2D eigenvalue weighted by Crippen LogP contribution is 2.41. The summed E-state index contributed by atoms with van der Waals surface area (Å²) in [5.41, 5.74) is 5.77. The van der Waals surface area contributed by atoms with Crippen LogP contribution in [-0.2, 0) is 28.1 Å². The molecule has 0 radical (unpaired) electrons. The number of ether oxygens (including phenoxy) is 3. The second-order valence-electron chi connectivity index (χ2n) is 7.60. The fraction of sp³-hybridized carbons (Fsp3) is 0.450. The lowest BCUT2D eigenvalue weighted by Crippen LogP contribution is -2.42. The van der Waals surface area contributed by atoms with Gasteiger partial charge in [0.2, 0.25) is 5.91 Å². The Morgan fingerprint density at radius 3 is 2.73 bits per heavy atom. The first kappa shape index (κ1) is 21.0. The zero-order valence-corrected chi connectivity index (χ0v) is 17.6. The summed E-state index contributed by atoms with van der Waals surface area (Å²) >= 11 is 0. The van der Waals surface area contributed by atoms with Gasteiger partial charge in [-0.2, -0.15) is 0 Å². The predicted molar refractivity (Wildman–Crippen MR) is 106 cm³/mol. The molecule has 1 amide bonds. The Balaban J connectivity index is 1.43. The summed E-state index contributed by atoms with van der Waals surface area (Å²) in [7, 11) is -2.38. The van der Waals surface area contributed by atoms with E-state index in [2.05, 4.69) is 0 Å². The third kappa shape index (κ3) is 4.55. The van der Waals surface area contributed by atoms with Crippen molar-refractivity contribution < 1.29 is 32.6 Å². The van der Waals surface area contributed by atoms with E-state index in [9.17, 15) is 9.36 Å². The van der Waals surface area contributed by atoms with Crippen LogP contribution in [-0.4, -0.2) is 54.3 Å². The highest BCUT2D eigenvalue weighted by molar-refractivity contribution is 7.33. The van der Waals surface area contributed by atoms with Gasteiger partial charge in [0, 0.05) is 17.3 Å². The van der Waals surface area contributed by atoms with Gasteiger partial charge in [-0.3, -0.25) is 4.79 Å². The van der Waals surface area contributed by atoms with Crippen LogP contribution >= 0.6 is 8.25 Å². The van der Waals surface area contributed by atoms with Crippen LogP contribution in [0.1, 0.15) is 13.8 Å². The molecule has 1 aromatic rings. The quantitative estimate of drug-likeness (QED) is 0.650. The van der Waals surface area contributed by atoms with E-state index in [-0.39, 0.29) is 6.61 Å². The Morgan fingerprint density at radius 1 is 1.27 bits per heavy atom. The molecule has 160 valence electrons. The van der Waals surface area contributed by atoms with Crippen LogP contribution in [0.25, 0.3) is 0 Å². The van der Waals surface area contributed by atoms with Gasteiger partial charge in [0.25, 0.3) is 0 Å². The first-order valence-electron chi connectivity index (χ1n) is 9.60. The normalized spacial score (nSPS) is 30.0. The molecular weight excluding hydrogens is 411 g/mol. The topological polar surface area (TPSA) is 110 Å². The first-order chi connectivity index (χ1) is 14.3. The summed E-state index contributed by atoms with van der Waals surface area (Å²) in [6, 6.07) is 8.77. The minimum absolute atomic E-state index is 0.00475. The first-order valence-corrected chi connectivity index (χ1v) is 10.7. The van der Waals surface area contributed by atoms with Crippen molar-refractivity contribution in [3.63, 3.8) is 0 Å². The second-order valence-corrected chi connectivity index (χ2v) is 8.49. The standard InChI is InChI=1S/C20H23N2O7P/c1-20(2)27-16-15(12-25-30(24)29-14-8-4-3-5-9-14)26-19(17(16)28-20)22-10-6-7-13(11-22)18(21)23/h3-9,11,15-17,19H,10,12H2,1-2H3,(H-,21,23)/p+1/t15?,16-,17-,19-/m1/s1. The number of hydrogen-bond donors (Lipinski definition) is 1. The molecule has 10 heteroatoms. The van der Waals surface area contributed by atoms with Crippen LogP contribution in [0.5, 0.6) is 5.75 Å². The molecule has 2 unspecified atom stereocenters. The number of nitrogens with zero attached hydrogens (tertiary/aromatic N) is 1.